The summed E-state index contributed by atoms with van der Waals surface area (Å²) in [4.78, 5) is 15.7. The third kappa shape index (κ3) is 4.66. The fraction of sp³-hybridized carbons (Fsp3) is 0.333. The molecule has 0 spiro atoms. The van der Waals surface area contributed by atoms with E-state index in [0.717, 1.165) is 27.3 Å². The molecule has 0 radical (unpaired) electrons. The average molecular weight is 435 g/mol. The summed E-state index contributed by atoms with van der Waals surface area (Å²) in [5.41, 5.74) is 5.19. The molecule has 6 nitrogen and oxygen atoms in total. The van der Waals surface area contributed by atoms with Gasteiger partial charge >= 0.3 is 0 Å². The van der Waals surface area contributed by atoms with E-state index in [9.17, 15) is 10.1 Å². The van der Waals surface area contributed by atoms with E-state index >= 15 is 0 Å². The van der Waals surface area contributed by atoms with E-state index in [2.05, 4.69) is 34.6 Å². The molecule has 0 unspecified atom stereocenters. The van der Waals surface area contributed by atoms with Crippen molar-refractivity contribution in [1.29, 1.82) is 0 Å². The zero-order valence-corrected chi connectivity index (χ0v) is 18.6. The third-order valence-corrected chi connectivity index (χ3v) is 6.81. The van der Waals surface area contributed by atoms with Gasteiger partial charge in [0, 0.05) is 30.1 Å². The Morgan fingerprint density at radius 3 is 2.35 bits per heavy atom. The summed E-state index contributed by atoms with van der Waals surface area (Å²) >= 11 is 1.55. The van der Waals surface area contributed by atoms with Crippen molar-refractivity contribution in [3.05, 3.63) is 80.0 Å². The van der Waals surface area contributed by atoms with Crippen molar-refractivity contribution in [2.45, 2.75) is 44.9 Å². The molecule has 0 bridgehead atoms. The molecule has 31 heavy (non-hydrogen) atoms. The lowest BCUT2D eigenvalue weighted by atomic mass is 9.84. The molecule has 160 valence electrons. The summed E-state index contributed by atoms with van der Waals surface area (Å²) in [6.07, 6.45) is 6.59. The smallest absolute Gasteiger partial charge is 0.261 e. The fourth-order valence-electron chi connectivity index (χ4n) is 4.14. The number of hydrogen-bond acceptors (Lipinski definition) is 5. The van der Waals surface area contributed by atoms with Crippen LogP contribution in [0.5, 0.6) is 0 Å². The van der Waals surface area contributed by atoms with Crippen molar-refractivity contribution in [2.75, 3.05) is 7.05 Å². The molecule has 1 aliphatic rings. The van der Waals surface area contributed by atoms with Crippen LogP contribution in [0.4, 0.5) is 5.69 Å². The molecule has 0 amide bonds. The van der Waals surface area contributed by atoms with Crippen LogP contribution in [-0.4, -0.2) is 22.4 Å². The Morgan fingerprint density at radius 2 is 1.74 bits per heavy atom. The van der Waals surface area contributed by atoms with Gasteiger partial charge in [0.05, 0.1) is 16.3 Å². The van der Waals surface area contributed by atoms with Crippen LogP contribution in [0.3, 0.4) is 0 Å². The lowest BCUT2D eigenvalue weighted by Gasteiger charge is -2.22. The zero-order valence-electron chi connectivity index (χ0n) is 17.8. The number of nitro benzene ring substituents is 1. The number of nitro groups is 1. The van der Waals surface area contributed by atoms with Crippen molar-refractivity contribution >= 4 is 22.7 Å². The Kier molecular flexibility index (Phi) is 6.42. The number of thiazole rings is 1. The van der Waals surface area contributed by atoms with Gasteiger partial charge in [-0.05, 0) is 48.9 Å². The lowest BCUT2D eigenvalue weighted by Crippen LogP contribution is -2.13. The SMILES string of the molecule is CN=c1scc(-c2ccc(C3CCCCC3)cc2)n1N=C(C)c1ccc([N+](=O)[O-])cc1. The molecule has 0 atom stereocenters. The third-order valence-electron chi connectivity index (χ3n) is 5.91. The van der Waals surface area contributed by atoms with E-state index in [-0.39, 0.29) is 5.69 Å². The van der Waals surface area contributed by atoms with Gasteiger partial charge < -0.3 is 0 Å². The van der Waals surface area contributed by atoms with Crippen LogP contribution in [0.15, 0.2) is 64.0 Å². The van der Waals surface area contributed by atoms with Gasteiger partial charge in [-0.1, -0.05) is 43.5 Å². The quantitative estimate of drug-likeness (QED) is 0.282. The van der Waals surface area contributed by atoms with Crippen LogP contribution in [0.25, 0.3) is 11.3 Å². The first-order chi connectivity index (χ1) is 15.1. The molecular weight excluding hydrogens is 408 g/mol. The van der Waals surface area contributed by atoms with Crippen LogP contribution in [0, 0.1) is 10.1 Å². The van der Waals surface area contributed by atoms with E-state index < -0.39 is 4.92 Å². The second-order valence-corrected chi connectivity index (χ2v) is 8.72. The second-order valence-electron chi connectivity index (χ2n) is 7.89. The lowest BCUT2D eigenvalue weighted by molar-refractivity contribution is -0.384. The maximum absolute atomic E-state index is 10.9. The van der Waals surface area contributed by atoms with Crippen molar-refractivity contribution in [2.24, 2.45) is 10.1 Å². The first kappa shape index (κ1) is 21.2. The van der Waals surface area contributed by atoms with Crippen LogP contribution in [-0.2, 0) is 0 Å². The second kappa shape index (κ2) is 9.39. The highest BCUT2D eigenvalue weighted by Gasteiger charge is 2.16. The van der Waals surface area contributed by atoms with Crippen molar-refractivity contribution in [1.82, 2.24) is 4.68 Å². The Bertz CT molecular complexity index is 1150. The summed E-state index contributed by atoms with van der Waals surface area (Å²) in [7, 11) is 1.76. The van der Waals surface area contributed by atoms with Crippen LogP contribution in [0.1, 0.15) is 56.1 Å². The Balaban J connectivity index is 1.66. The first-order valence-corrected chi connectivity index (χ1v) is 11.5. The molecular formula is C24H26N4O2S. The minimum absolute atomic E-state index is 0.0720. The van der Waals surface area contributed by atoms with Gasteiger partial charge in [0.15, 0.2) is 0 Å². The molecule has 1 saturated carbocycles. The predicted molar refractivity (Wildman–Crippen MR) is 126 cm³/mol. The highest BCUT2D eigenvalue weighted by Crippen LogP contribution is 2.33. The molecule has 2 aromatic carbocycles. The molecule has 1 fully saturated rings. The largest absolute Gasteiger partial charge is 0.269 e. The van der Waals surface area contributed by atoms with Gasteiger partial charge in [0.1, 0.15) is 0 Å². The summed E-state index contributed by atoms with van der Waals surface area (Å²) in [5, 5.41) is 17.8. The van der Waals surface area contributed by atoms with E-state index in [0.29, 0.717) is 5.92 Å². The number of hydrogen-bond donors (Lipinski definition) is 0. The van der Waals surface area contributed by atoms with Gasteiger partial charge in [-0.15, -0.1) is 11.3 Å². The minimum atomic E-state index is -0.396. The topological polar surface area (TPSA) is 72.8 Å². The van der Waals surface area contributed by atoms with Gasteiger partial charge in [0.2, 0.25) is 4.80 Å². The van der Waals surface area contributed by atoms with Gasteiger partial charge in [-0.25, -0.2) is 4.68 Å². The Morgan fingerprint density at radius 1 is 1.06 bits per heavy atom. The molecule has 1 aromatic heterocycles. The monoisotopic (exact) mass is 434 g/mol. The van der Waals surface area contributed by atoms with Crippen molar-refractivity contribution in [3.63, 3.8) is 0 Å². The molecule has 1 heterocycles. The minimum Gasteiger partial charge on any atom is -0.261 e. The van der Waals surface area contributed by atoms with E-state index in [1.54, 1.807) is 30.5 Å². The molecule has 7 heteroatoms. The zero-order chi connectivity index (χ0) is 21.8. The number of non-ortho nitro benzene ring substituents is 1. The highest BCUT2D eigenvalue weighted by molar-refractivity contribution is 7.07. The molecule has 1 aliphatic carbocycles. The summed E-state index contributed by atoms with van der Waals surface area (Å²) in [6.45, 7) is 1.90. The van der Waals surface area contributed by atoms with Gasteiger partial charge in [-0.3, -0.25) is 15.1 Å². The van der Waals surface area contributed by atoms with Gasteiger partial charge in [0.25, 0.3) is 5.69 Å². The number of nitrogens with zero attached hydrogens (tertiary/aromatic N) is 4. The van der Waals surface area contributed by atoms with Crippen LogP contribution >= 0.6 is 11.3 Å². The first-order valence-electron chi connectivity index (χ1n) is 10.6. The molecule has 4 rings (SSSR count). The number of aromatic nitrogens is 1. The highest BCUT2D eigenvalue weighted by atomic mass is 32.1. The number of benzene rings is 2. The summed E-state index contributed by atoms with van der Waals surface area (Å²) in [6, 6.07) is 15.3. The molecule has 0 N–H and O–H groups in total. The van der Waals surface area contributed by atoms with Crippen molar-refractivity contribution in [3.8, 4) is 11.3 Å². The summed E-state index contributed by atoms with van der Waals surface area (Å²) < 4.78 is 1.86. The maximum atomic E-state index is 10.9. The Labute approximate surface area is 185 Å². The number of rotatable bonds is 5. The molecule has 0 saturated heterocycles. The molecule has 3 aromatic rings. The van der Waals surface area contributed by atoms with Crippen molar-refractivity contribution < 1.29 is 4.92 Å². The maximum Gasteiger partial charge on any atom is 0.269 e. The van der Waals surface area contributed by atoms with E-state index in [1.807, 2.05) is 11.6 Å². The van der Waals surface area contributed by atoms with E-state index in [1.165, 1.54) is 49.8 Å². The predicted octanol–water partition coefficient (Wildman–Crippen LogP) is 5.98. The normalized spacial score (nSPS) is 15.9. The fourth-order valence-corrected chi connectivity index (χ4v) is 4.94. The van der Waals surface area contributed by atoms with Gasteiger partial charge in [-0.2, -0.15) is 5.10 Å². The van der Waals surface area contributed by atoms with E-state index in [4.69, 9.17) is 5.10 Å². The molecule has 0 aliphatic heterocycles. The van der Waals surface area contributed by atoms with Crippen LogP contribution < -0.4 is 4.80 Å². The average Bonchev–Trinajstić information content (AvgIpc) is 3.22. The van der Waals surface area contributed by atoms with Crippen LogP contribution in [0.2, 0.25) is 0 Å². The Hall–Kier alpha value is -3.06. The standard InChI is InChI=1S/C24H26N4O2S/c1-17(18-12-14-22(15-13-18)28(29)30)26-27-23(16-31-24(27)25-2)21-10-8-20(9-11-21)19-6-4-3-5-7-19/h8-16,19H,3-7H2,1-2H3. The summed E-state index contributed by atoms with van der Waals surface area (Å²) in [5.74, 6) is 0.681.